The van der Waals surface area contributed by atoms with Gasteiger partial charge in [0.05, 0.1) is 12.4 Å². The van der Waals surface area contributed by atoms with Crippen LogP contribution in [0.1, 0.15) is 51.2 Å². The number of hydrogen-bond donors (Lipinski definition) is 1. The molecule has 1 saturated heterocycles. The first-order valence-electron chi connectivity index (χ1n) is 9.55. The minimum Gasteiger partial charge on any atom is -0.468 e. The number of carbonyl (C=O) groups is 2. The number of ether oxygens (including phenoxy) is 1. The minimum absolute atomic E-state index is 0.0570. The number of sulfone groups is 1. The van der Waals surface area contributed by atoms with Gasteiger partial charge in [-0.15, -0.1) is 0 Å². The maximum Gasteiger partial charge on any atom is 0.239 e. The molecule has 0 aromatic carbocycles. The fraction of sp³-hybridized carbons (Fsp3) is 0.684. The van der Waals surface area contributed by atoms with Gasteiger partial charge in [-0.25, -0.2) is 8.42 Å². The van der Waals surface area contributed by atoms with Crippen LogP contribution in [0.4, 0.5) is 0 Å². The molecule has 0 bridgehead atoms. The molecule has 3 atom stereocenters. The zero-order valence-corrected chi connectivity index (χ0v) is 16.4. The molecule has 1 N–H and O–H groups in total. The largest absolute Gasteiger partial charge is 0.468 e. The van der Waals surface area contributed by atoms with Crippen LogP contribution >= 0.6 is 0 Å². The third kappa shape index (κ3) is 4.99. The summed E-state index contributed by atoms with van der Waals surface area (Å²) in [6, 6.07) is 2.42. The van der Waals surface area contributed by atoms with Crippen LogP contribution in [-0.4, -0.2) is 44.1 Å². The van der Waals surface area contributed by atoms with Crippen LogP contribution in [0.5, 0.6) is 0 Å². The monoisotopic (exact) mass is 397 g/mol. The molecule has 2 aliphatic rings. The highest BCUT2D eigenvalue weighted by atomic mass is 32.2. The van der Waals surface area contributed by atoms with Crippen molar-refractivity contribution in [1.82, 2.24) is 5.32 Å². The van der Waals surface area contributed by atoms with E-state index in [4.69, 9.17) is 9.15 Å². The highest BCUT2D eigenvalue weighted by Crippen LogP contribution is 2.30. The van der Waals surface area contributed by atoms with Crippen LogP contribution in [-0.2, 0) is 29.9 Å². The lowest BCUT2D eigenvalue weighted by Gasteiger charge is -2.27. The molecule has 3 rings (SSSR count). The molecule has 1 aromatic heterocycles. The number of furan rings is 1. The Balaban J connectivity index is 1.77. The van der Waals surface area contributed by atoms with Gasteiger partial charge in [-0.1, -0.05) is 32.1 Å². The Morgan fingerprint density at radius 3 is 2.63 bits per heavy atom. The quantitative estimate of drug-likeness (QED) is 0.755. The van der Waals surface area contributed by atoms with Gasteiger partial charge in [-0.2, -0.15) is 0 Å². The summed E-state index contributed by atoms with van der Waals surface area (Å²) < 4.78 is 36.4. The molecule has 1 saturated carbocycles. The van der Waals surface area contributed by atoms with E-state index in [-0.39, 0.29) is 30.5 Å². The van der Waals surface area contributed by atoms with Crippen LogP contribution < -0.4 is 5.32 Å². The third-order valence-corrected chi connectivity index (χ3v) is 7.48. The molecular formula is C19H27NO6S. The average Bonchev–Trinajstić information content (AvgIpc) is 3.25. The van der Waals surface area contributed by atoms with Crippen molar-refractivity contribution >= 4 is 21.5 Å². The fourth-order valence-electron chi connectivity index (χ4n) is 3.94. The first-order valence-corrected chi connectivity index (χ1v) is 11.3. The zero-order chi connectivity index (χ0) is 19.4. The molecule has 7 nitrogen and oxygen atoms in total. The number of rotatable bonds is 7. The lowest BCUT2D eigenvalue weighted by molar-refractivity contribution is -0.126. The summed E-state index contributed by atoms with van der Waals surface area (Å²) in [5, 5.41) is 1.44. The molecule has 1 aromatic rings. The molecule has 2 heterocycles. The Labute approximate surface area is 159 Å². The van der Waals surface area contributed by atoms with Crippen molar-refractivity contribution < 1.29 is 27.2 Å². The van der Waals surface area contributed by atoms with Crippen LogP contribution in [0.25, 0.3) is 0 Å². The smallest absolute Gasteiger partial charge is 0.239 e. The number of ketones is 1. The summed E-state index contributed by atoms with van der Waals surface area (Å²) in [6.45, 7) is 1.64. The van der Waals surface area contributed by atoms with Crippen molar-refractivity contribution in [3.05, 3.63) is 24.2 Å². The first-order chi connectivity index (χ1) is 12.9. The van der Waals surface area contributed by atoms with E-state index in [2.05, 4.69) is 5.32 Å². The summed E-state index contributed by atoms with van der Waals surface area (Å²) in [6.07, 6.45) is 6.38. The maximum absolute atomic E-state index is 13.0. The van der Waals surface area contributed by atoms with Crippen molar-refractivity contribution in [2.75, 3.05) is 6.61 Å². The lowest BCUT2D eigenvalue weighted by Crippen LogP contribution is -2.50. The summed E-state index contributed by atoms with van der Waals surface area (Å²) >= 11 is 0. The number of amides is 1. The SMILES string of the molecule is CC1OCC(=O)C1NC(=O)C(CC1CCCCC1)S(=O)(=O)Cc1ccco1. The summed E-state index contributed by atoms with van der Waals surface area (Å²) in [7, 11) is -3.78. The molecule has 27 heavy (non-hydrogen) atoms. The van der Waals surface area contributed by atoms with Gasteiger partial charge in [-0.05, 0) is 31.4 Å². The molecule has 2 fully saturated rings. The Morgan fingerprint density at radius 1 is 1.30 bits per heavy atom. The molecule has 1 aliphatic heterocycles. The van der Waals surface area contributed by atoms with Crippen molar-refractivity contribution in [2.24, 2.45) is 5.92 Å². The molecule has 0 radical (unpaired) electrons. The van der Waals surface area contributed by atoms with E-state index >= 15 is 0 Å². The highest BCUT2D eigenvalue weighted by molar-refractivity contribution is 7.92. The van der Waals surface area contributed by atoms with Gasteiger partial charge in [0.2, 0.25) is 5.91 Å². The highest BCUT2D eigenvalue weighted by Gasteiger charge is 2.40. The van der Waals surface area contributed by atoms with E-state index in [1.807, 2.05) is 0 Å². The van der Waals surface area contributed by atoms with Crippen molar-refractivity contribution in [3.63, 3.8) is 0 Å². The minimum atomic E-state index is -3.78. The molecule has 3 unspecified atom stereocenters. The second-order valence-corrected chi connectivity index (χ2v) is 9.77. The van der Waals surface area contributed by atoms with Crippen LogP contribution in [0, 0.1) is 5.92 Å². The predicted octanol–water partition coefficient (Wildman–Crippen LogP) is 2.01. The summed E-state index contributed by atoms with van der Waals surface area (Å²) in [5.41, 5.74) is 0. The molecule has 8 heteroatoms. The second kappa shape index (κ2) is 8.56. The van der Waals surface area contributed by atoms with Gasteiger partial charge in [0.15, 0.2) is 15.6 Å². The number of carbonyl (C=O) groups excluding carboxylic acids is 2. The number of Topliss-reactive ketones (excluding diaryl/α,β-unsaturated/α-hetero) is 1. The van der Waals surface area contributed by atoms with Crippen molar-refractivity contribution in [1.29, 1.82) is 0 Å². The van der Waals surface area contributed by atoms with Crippen LogP contribution in [0.3, 0.4) is 0 Å². The van der Waals surface area contributed by atoms with Gasteiger partial charge in [0, 0.05) is 0 Å². The maximum atomic E-state index is 13.0. The van der Waals surface area contributed by atoms with E-state index in [0.717, 1.165) is 32.1 Å². The zero-order valence-electron chi connectivity index (χ0n) is 15.6. The predicted molar refractivity (Wildman–Crippen MR) is 98.7 cm³/mol. The van der Waals surface area contributed by atoms with Gasteiger partial charge >= 0.3 is 0 Å². The van der Waals surface area contributed by atoms with Crippen molar-refractivity contribution in [3.8, 4) is 0 Å². The van der Waals surface area contributed by atoms with E-state index in [0.29, 0.717) is 5.76 Å². The Bertz CT molecular complexity index is 751. The summed E-state index contributed by atoms with van der Waals surface area (Å²) in [4.78, 5) is 24.8. The standard InChI is InChI=1S/C19H27NO6S/c1-13-18(16(21)11-26-13)20-19(22)17(10-14-6-3-2-4-7-14)27(23,24)12-15-8-5-9-25-15/h5,8-9,13-14,17-18H,2-4,6-7,10-12H2,1H3,(H,20,22). The van der Waals surface area contributed by atoms with Crippen molar-refractivity contribution in [2.45, 2.75) is 68.6 Å². The Hall–Kier alpha value is -1.67. The molecule has 1 aliphatic carbocycles. The summed E-state index contributed by atoms with van der Waals surface area (Å²) in [5.74, 6) is -0.646. The lowest BCUT2D eigenvalue weighted by atomic mass is 9.86. The number of hydrogen-bond acceptors (Lipinski definition) is 6. The Morgan fingerprint density at radius 2 is 2.04 bits per heavy atom. The fourth-order valence-corrected chi connectivity index (χ4v) is 5.66. The van der Waals surface area contributed by atoms with Gasteiger partial charge in [0.25, 0.3) is 0 Å². The van der Waals surface area contributed by atoms with E-state index in [1.165, 1.54) is 6.26 Å². The third-order valence-electron chi connectivity index (χ3n) is 5.52. The average molecular weight is 397 g/mol. The second-order valence-electron chi connectivity index (χ2n) is 7.58. The molecule has 150 valence electrons. The molecular weight excluding hydrogens is 370 g/mol. The molecule has 0 spiro atoms. The van der Waals surface area contributed by atoms with Crippen LogP contribution in [0.2, 0.25) is 0 Å². The normalized spacial score (nSPS) is 25.4. The van der Waals surface area contributed by atoms with E-state index in [9.17, 15) is 18.0 Å². The van der Waals surface area contributed by atoms with E-state index in [1.54, 1.807) is 19.1 Å². The van der Waals surface area contributed by atoms with Crippen LogP contribution in [0.15, 0.2) is 22.8 Å². The number of nitrogens with one attached hydrogen (secondary N) is 1. The van der Waals surface area contributed by atoms with Gasteiger partial charge < -0.3 is 14.5 Å². The van der Waals surface area contributed by atoms with Gasteiger partial charge in [-0.3, -0.25) is 9.59 Å². The first kappa shape index (κ1) is 20.1. The topological polar surface area (TPSA) is 103 Å². The van der Waals surface area contributed by atoms with Gasteiger partial charge in [0.1, 0.15) is 29.4 Å². The molecule has 1 amide bonds. The Kier molecular flexibility index (Phi) is 6.37. The van der Waals surface area contributed by atoms with E-state index < -0.39 is 33.1 Å².